The molecule has 0 aliphatic heterocycles. The first-order chi connectivity index (χ1) is 4.70. The molecule has 1 aromatic heterocycles. The number of nitrogens with two attached hydrogens (primary N) is 1. The Labute approximate surface area is 56.3 Å². The number of carbonyl (C=O) groups is 1. The molecule has 1 heterocycles. The van der Waals surface area contributed by atoms with Crippen molar-refractivity contribution in [1.82, 2.24) is 0 Å². The van der Waals surface area contributed by atoms with Crippen LogP contribution in [0.3, 0.4) is 0 Å². The van der Waals surface area contributed by atoms with Gasteiger partial charge in [0.2, 0.25) is 0 Å². The number of hydrogen-bond donors (Lipinski definition) is 1. The summed E-state index contributed by atoms with van der Waals surface area (Å²) in [5.41, 5.74) is 4.56. The van der Waals surface area contributed by atoms with Crippen LogP contribution in [0.5, 0.6) is 0 Å². The zero-order valence-electron chi connectivity index (χ0n) is 5.03. The Hall–Kier alpha value is -1.58. The quantitative estimate of drug-likeness (QED) is 0.582. The molecule has 1 amide bonds. The second kappa shape index (κ2) is 2.34. The summed E-state index contributed by atoms with van der Waals surface area (Å²) in [6, 6.07) is 2.45. The van der Waals surface area contributed by atoms with E-state index in [0.717, 1.165) is 12.3 Å². The molecule has 2 N–H and O–H groups in total. The second-order valence-corrected chi connectivity index (χ2v) is 1.71. The Kier molecular flexibility index (Phi) is 1.53. The molecular formula is C6H5NO3. The summed E-state index contributed by atoms with van der Waals surface area (Å²) in [4.78, 5) is 20.7. The molecule has 0 aliphatic rings. The monoisotopic (exact) mass is 139 g/mol. The van der Waals surface area contributed by atoms with Gasteiger partial charge in [-0.3, -0.25) is 4.79 Å². The fourth-order valence-corrected chi connectivity index (χ4v) is 0.498. The molecular weight excluding hydrogens is 134 g/mol. The van der Waals surface area contributed by atoms with Gasteiger partial charge >= 0.3 is 5.63 Å². The Balaban J connectivity index is 3.12. The van der Waals surface area contributed by atoms with Crippen LogP contribution in [0, 0.1) is 0 Å². The summed E-state index contributed by atoms with van der Waals surface area (Å²) in [6.45, 7) is 0. The van der Waals surface area contributed by atoms with Crippen molar-refractivity contribution in [1.29, 1.82) is 0 Å². The minimum atomic E-state index is -0.608. The third-order valence-corrected chi connectivity index (χ3v) is 0.986. The summed E-state index contributed by atoms with van der Waals surface area (Å²) >= 11 is 0. The Bertz CT molecular complexity index is 282. The van der Waals surface area contributed by atoms with Gasteiger partial charge in [0.15, 0.2) is 0 Å². The predicted molar refractivity (Wildman–Crippen MR) is 33.5 cm³/mol. The van der Waals surface area contributed by atoms with Crippen molar-refractivity contribution >= 4 is 5.91 Å². The van der Waals surface area contributed by atoms with Gasteiger partial charge in [0, 0.05) is 6.07 Å². The van der Waals surface area contributed by atoms with E-state index >= 15 is 0 Å². The minimum Gasteiger partial charge on any atom is -0.430 e. The van der Waals surface area contributed by atoms with Crippen molar-refractivity contribution in [3.05, 3.63) is 34.4 Å². The number of hydrogen-bond acceptors (Lipinski definition) is 3. The first-order valence-corrected chi connectivity index (χ1v) is 2.59. The van der Waals surface area contributed by atoms with Gasteiger partial charge < -0.3 is 10.2 Å². The molecule has 0 fully saturated rings. The molecule has 52 valence electrons. The summed E-state index contributed by atoms with van der Waals surface area (Å²) < 4.78 is 4.36. The van der Waals surface area contributed by atoms with Crippen molar-refractivity contribution < 1.29 is 9.21 Å². The molecule has 0 unspecified atom stereocenters. The Morgan fingerprint density at radius 2 is 2.20 bits per heavy atom. The van der Waals surface area contributed by atoms with Gasteiger partial charge in [-0.05, 0) is 6.07 Å². The zero-order chi connectivity index (χ0) is 7.56. The van der Waals surface area contributed by atoms with Gasteiger partial charge in [0.25, 0.3) is 5.91 Å². The fourth-order valence-electron chi connectivity index (χ4n) is 0.498. The van der Waals surface area contributed by atoms with Crippen LogP contribution in [-0.2, 0) is 0 Å². The largest absolute Gasteiger partial charge is 0.430 e. The van der Waals surface area contributed by atoms with Crippen LogP contribution in [0.15, 0.2) is 27.6 Å². The molecule has 0 atom stereocenters. The van der Waals surface area contributed by atoms with E-state index in [0.29, 0.717) is 0 Å². The lowest BCUT2D eigenvalue weighted by Gasteiger charge is -1.88. The van der Waals surface area contributed by atoms with E-state index in [1.54, 1.807) is 0 Å². The molecule has 0 radical (unpaired) electrons. The molecule has 0 saturated heterocycles. The topological polar surface area (TPSA) is 73.3 Å². The van der Waals surface area contributed by atoms with Crippen molar-refractivity contribution in [3.63, 3.8) is 0 Å². The third kappa shape index (κ3) is 1.22. The highest BCUT2D eigenvalue weighted by atomic mass is 16.4. The van der Waals surface area contributed by atoms with Gasteiger partial charge in [-0.15, -0.1) is 0 Å². The number of rotatable bonds is 1. The van der Waals surface area contributed by atoms with Crippen molar-refractivity contribution in [2.75, 3.05) is 0 Å². The standard InChI is InChI=1S/C6H5NO3/c7-6(9)4-1-2-5(8)10-3-4/h1-3H,(H2,7,9). The number of amides is 1. The average molecular weight is 139 g/mol. The van der Waals surface area contributed by atoms with Crippen LogP contribution in [0.2, 0.25) is 0 Å². The van der Waals surface area contributed by atoms with E-state index in [-0.39, 0.29) is 5.56 Å². The highest BCUT2D eigenvalue weighted by molar-refractivity contribution is 5.92. The summed E-state index contributed by atoms with van der Waals surface area (Å²) in [6.07, 6.45) is 1.03. The summed E-state index contributed by atoms with van der Waals surface area (Å²) in [5.74, 6) is -0.608. The van der Waals surface area contributed by atoms with Crippen LogP contribution in [0.25, 0.3) is 0 Å². The zero-order valence-corrected chi connectivity index (χ0v) is 5.03. The molecule has 1 rings (SSSR count). The lowest BCUT2D eigenvalue weighted by Crippen LogP contribution is -2.11. The molecule has 0 aliphatic carbocycles. The van der Waals surface area contributed by atoms with Crippen LogP contribution < -0.4 is 11.4 Å². The lowest BCUT2D eigenvalue weighted by molar-refractivity contribution is 0.0998. The first kappa shape index (κ1) is 6.54. The molecule has 0 spiro atoms. The van der Waals surface area contributed by atoms with E-state index < -0.39 is 11.5 Å². The fraction of sp³-hybridized carbons (Fsp3) is 0. The molecule has 1 aromatic rings. The maximum atomic E-state index is 10.4. The SMILES string of the molecule is NC(=O)c1ccc(=O)oc1. The second-order valence-electron chi connectivity index (χ2n) is 1.71. The predicted octanol–water partition coefficient (Wildman–Crippen LogP) is -0.261. The first-order valence-electron chi connectivity index (χ1n) is 2.59. The van der Waals surface area contributed by atoms with Gasteiger partial charge in [0.05, 0.1) is 5.56 Å². The number of carbonyl (C=O) groups excluding carboxylic acids is 1. The highest BCUT2D eigenvalue weighted by Crippen LogP contribution is 1.91. The normalized spacial score (nSPS) is 9.20. The summed E-state index contributed by atoms with van der Waals surface area (Å²) in [5, 5.41) is 0. The smallest absolute Gasteiger partial charge is 0.335 e. The molecule has 10 heavy (non-hydrogen) atoms. The van der Waals surface area contributed by atoms with Crippen molar-refractivity contribution in [3.8, 4) is 0 Å². The van der Waals surface area contributed by atoms with E-state index in [4.69, 9.17) is 5.73 Å². The summed E-state index contributed by atoms with van der Waals surface area (Å²) in [7, 11) is 0. The Morgan fingerprint density at radius 1 is 1.50 bits per heavy atom. The van der Waals surface area contributed by atoms with E-state index in [2.05, 4.69) is 4.42 Å². The maximum absolute atomic E-state index is 10.4. The van der Waals surface area contributed by atoms with E-state index in [1.807, 2.05) is 0 Å². The third-order valence-electron chi connectivity index (χ3n) is 0.986. The average Bonchev–Trinajstić information content (AvgIpc) is 1.88. The van der Waals surface area contributed by atoms with Crippen LogP contribution >= 0.6 is 0 Å². The molecule has 0 saturated carbocycles. The molecule has 4 heteroatoms. The van der Waals surface area contributed by atoms with Crippen molar-refractivity contribution in [2.24, 2.45) is 5.73 Å². The van der Waals surface area contributed by atoms with Crippen LogP contribution in [0.1, 0.15) is 10.4 Å². The molecule has 0 bridgehead atoms. The van der Waals surface area contributed by atoms with E-state index in [9.17, 15) is 9.59 Å². The van der Waals surface area contributed by atoms with Gasteiger partial charge in [-0.2, -0.15) is 0 Å². The van der Waals surface area contributed by atoms with Crippen LogP contribution in [-0.4, -0.2) is 5.91 Å². The number of primary amides is 1. The van der Waals surface area contributed by atoms with Crippen LogP contribution in [0.4, 0.5) is 0 Å². The molecule has 0 aromatic carbocycles. The minimum absolute atomic E-state index is 0.194. The van der Waals surface area contributed by atoms with Crippen molar-refractivity contribution in [2.45, 2.75) is 0 Å². The van der Waals surface area contributed by atoms with Gasteiger partial charge in [-0.1, -0.05) is 0 Å². The lowest BCUT2D eigenvalue weighted by atomic mass is 10.3. The Morgan fingerprint density at radius 3 is 2.60 bits per heavy atom. The van der Waals surface area contributed by atoms with Gasteiger partial charge in [0.1, 0.15) is 6.26 Å². The maximum Gasteiger partial charge on any atom is 0.335 e. The van der Waals surface area contributed by atoms with Gasteiger partial charge in [-0.25, -0.2) is 4.79 Å². The highest BCUT2D eigenvalue weighted by Gasteiger charge is 1.98. The molecule has 4 nitrogen and oxygen atoms in total. The van der Waals surface area contributed by atoms with E-state index in [1.165, 1.54) is 6.07 Å².